The number of ether oxygens (including phenoxy) is 1. The van der Waals surface area contributed by atoms with Crippen LogP contribution in [-0.2, 0) is 20.9 Å². The van der Waals surface area contributed by atoms with Crippen LogP contribution >= 0.6 is 0 Å². The average Bonchev–Trinajstić information content (AvgIpc) is 3.06. The molecule has 2 bridgehead atoms. The maximum Gasteiger partial charge on any atom is 0.310 e. The van der Waals surface area contributed by atoms with Gasteiger partial charge in [-0.2, -0.15) is 0 Å². The zero-order chi connectivity index (χ0) is 14.1. The zero-order valence-electron chi connectivity index (χ0n) is 11.0. The van der Waals surface area contributed by atoms with Crippen molar-refractivity contribution >= 4 is 11.9 Å². The van der Waals surface area contributed by atoms with Gasteiger partial charge in [-0.3, -0.25) is 9.59 Å². The first-order valence-corrected chi connectivity index (χ1v) is 6.86. The highest BCUT2D eigenvalue weighted by molar-refractivity contribution is 5.86. The minimum atomic E-state index is -0.933. The first kappa shape index (κ1) is 13.1. The Hall–Kier alpha value is -1.88. The number of carbonyl (C=O) groups excluding carboxylic acids is 1. The van der Waals surface area contributed by atoms with Gasteiger partial charge in [-0.05, 0) is 18.4 Å². The van der Waals surface area contributed by atoms with Crippen LogP contribution in [0.3, 0.4) is 0 Å². The Kier molecular flexibility index (Phi) is 3.44. The van der Waals surface area contributed by atoms with Crippen LogP contribution in [0, 0.1) is 11.8 Å². The van der Waals surface area contributed by atoms with Crippen molar-refractivity contribution in [2.24, 2.45) is 11.8 Å². The fourth-order valence-corrected chi connectivity index (χ4v) is 3.23. The molecule has 2 saturated heterocycles. The Labute approximate surface area is 116 Å². The summed E-state index contributed by atoms with van der Waals surface area (Å²) in [4.78, 5) is 23.6. The van der Waals surface area contributed by atoms with Gasteiger partial charge in [0.25, 0.3) is 0 Å². The van der Waals surface area contributed by atoms with Gasteiger partial charge >= 0.3 is 5.97 Å². The first-order valence-electron chi connectivity index (χ1n) is 6.86. The van der Waals surface area contributed by atoms with Gasteiger partial charge in [0.05, 0.1) is 24.0 Å². The third kappa shape index (κ3) is 2.29. The van der Waals surface area contributed by atoms with Gasteiger partial charge in [-0.25, -0.2) is 0 Å². The molecule has 0 radical (unpaired) electrons. The van der Waals surface area contributed by atoms with E-state index in [4.69, 9.17) is 4.74 Å². The van der Waals surface area contributed by atoms with Crippen molar-refractivity contribution in [3.8, 4) is 0 Å². The first-order chi connectivity index (χ1) is 9.66. The van der Waals surface area contributed by atoms with E-state index < -0.39 is 17.8 Å². The number of carbonyl (C=O) groups is 2. The predicted octanol–water partition coefficient (Wildman–Crippen LogP) is 1.18. The van der Waals surface area contributed by atoms with Crippen LogP contribution in [0.5, 0.6) is 0 Å². The van der Waals surface area contributed by atoms with Crippen LogP contribution in [0.25, 0.3) is 0 Å². The topological polar surface area (TPSA) is 75.6 Å². The number of benzene rings is 1. The second-order valence-corrected chi connectivity index (χ2v) is 5.38. The van der Waals surface area contributed by atoms with Gasteiger partial charge in [0.15, 0.2) is 0 Å². The summed E-state index contributed by atoms with van der Waals surface area (Å²) in [5.41, 5.74) is 0.997. The van der Waals surface area contributed by atoms with Crippen LogP contribution < -0.4 is 5.32 Å². The molecule has 2 fully saturated rings. The number of carboxylic acids is 1. The van der Waals surface area contributed by atoms with E-state index in [0.29, 0.717) is 6.54 Å². The van der Waals surface area contributed by atoms with E-state index in [-0.39, 0.29) is 18.1 Å². The molecule has 2 heterocycles. The number of fused-ring (bicyclic) bond motifs is 2. The van der Waals surface area contributed by atoms with Crippen molar-refractivity contribution in [3.05, 3.63) is 35.9 Å². The molecule has 0 aromatic heterocycles. The predicted molar refractivity (Wildman–Crippen MR) is 70.8 cm³/mol. The maximum absolute atomic E-state index is 12.3. The number of amides is 1. The zero-order valence-corrected chi connectivity index (χ0v) is 11.0. The third-order valence-corrected chi connectivity index (χ3v) is 4.17. The van der Waals surface area contributed by atoms with Crippen molar-refractivity contribution in [1.29, 1.82) is 0 Å². The largest absolute Gasteiger partial charge is 0.481 e. The number of nitrogens with one attached hydrogen (secondary N) is 1. The van der Waals surface area contributed by atoms with Crippen LogP contribution in [0.4, 0.5) is 0 Å². The summed E-state index contributed by atoms with van der Waals surface area (Å²) in [7, 11) is 0. The molecule has 4 unspecified atom stereocenters. The van der Waals surface area contributed by atoms with Gasteiger partial charge in [0.2, 0.25) is 5.91 Å². The van der Waals surface area contributed by atoms with E-state index in [1.54, 1.807) is 0 Å². The fraction of sp³-hybridized carbons (Fsp3) is 0.467. The minimum absolute atomic E-state index is 0.214. The quantitative estimate of drug-likeness (QED) is 0.865. The smallest absolute Gasteiger partial charge is 0.310 e. The van der Waals surface area contributed by atoms with Gasteiger partial charge < -0.3 is 15.2 Å². The van der Waals surface area contributed by atoms with E-state index in [1.165, 1.54) is 0 Å². The molecule has 4 atom stereocenters. The molecule has 1 aromatic carbocycles. The lowest BCUT2D eigenvalue weighted by molar-refractivity contribution is -0.147. The van der Waals surface area contributed by atoms with Crippen molar-refractivity contribution in [2.75, 3.05) is 0 Å². The Morgan fingerprint density at radius 3 is 2.45 bits per heavy atom. The summed E-state index contributed by atoms with van der Waals surface area (Å²) >= 11 is 0. The Morgan fingerprint density at radius 1 is 1.15 bits per heavy atom. The van der Waals surface area contributed by atoms with E-state index >= 15 is 0 Å². The molecule has 0 saturated carbocycles. The Balaban J connectivity index is 1.66. The highest BCUT2D eigenvalue weighted by Crippen LogP contribution is 2.43. The maximum atomic E-state index is 12.3. The molecule has 20 heavy (non-hydrogen) atoms. The molecule has 3 rings (SSSR count). The van der Waals surface area contributed by atoms with Crippen molar-refractivity contribution in [1.82, 2.24) is 5.32 Å². The molecular formula is C15H17NO4. The monoisotopic (exact) mass is 275 g/mol. The second kappa shape index (κ2) is 5.25. The number of hydrogen-bond acceptors (Lipinski definition) is 3. The summed E-state index contributed by atoms with van der Waals surface area (Å²) < 4.78 is 5.59. The lowest BCUT2D eigenvalue weighted by Crippen LogP contribution is -2.43. The van der Waals surface area contributed by atoms with Gasteiger partial charge in [0, 0.05) is 6.54 Å². The Bertz CT molecular complexity index is 516. The van der Waals surface area contributed by atoms with Crippen LogP contribution in [0.15, 0.2) is 30.3 Å². The molecule has 1 aromatic rings. The van der Waals surface area contributed by atoms with Crippen molar-refractivity contribution in [3.63, 3.8) is 0 Å². The van der Waals surface area contributed by atoms with Gasteiger partial charge in [-0.1, -0.05) is 30.3 Å². The number of aliphatic carboxylic acids is 1. The summed E-state index contributed by atoms with van der Waals surface area (Å²) in [6, 6.07) is 9.57. The molecule has 2 aliphatic heterocycles. The molecule has 1 amide bonds. The molecule has 0 aliphatic carbocycles. The van der Waals surface area contributed by atoms with E-state index in [1.807, 2.05) is 30.3 Å². The Morgan fingerprint density at radius 2 is 1.80 bits per heavy atom. The second-order valence-electron chi connectivity index (χ2n) is 5.38. The number of rotatable bonds is 4. The van der Waals surface area contributed by atoms with E-state index in [0.717, 1.165) is 18.4 Å². The molecule has 0 spiro atoms. The van der Waals surface area contributed by atoms with E-state index in [2.05, 4.69) is 5.32 Å². The van der Waals surface area contributed by atoms with Crippen LogP contribution in [-0.4, -0.2) is 29.2 Å². The normalized spacial score (nSPS) is 31.2. The van der Waals surface area contributed by atoms with Gasteiger partial charge in [0.1, 0.15) is 0 Å². The fourth-order valence-electron chi connectivity index (χ4n) is 3.23. The lowest BCUT2D eigenvalue weighted by Gasteiger charge is -2.23. The number of carboxylic acid groups (broad SMARTS) is 1. The molecule has 5 heteroatoms. The highest BCUT2D eigenvalue weighted by atomic mass is 16.5. The molecule has 106 valence electrons. The molecule has 2 N–H and O–H groups in total. The van der Waals surface area contributed by atoms with Crippen LogP contribution in [0.2, 0.25) is 0 Å². The third-order valence-electron chi connectivity index (χ3n) is 4.17. The lowest BCUT2D eigenvalue weighted by atomic mass is 9.78. The standard InChI is InChI=1S/C15H17NO4/c17-14(16-8-9-4-2-1-3-5-9)12-10-6-7-11(20-10)13(12)15(18)19/h1-5,10-13H,6-8H2,(H,16,17)(H,18,19). The van der Waals surface area contributed by atoms with Crippen LogP contribution in [0.1, 0.15) is 18.4 Å². The summed E-state index contributed by atoms with van der Waals surface area (Å²) in [5, 5.41) is 12.1. The summed E-state index contributed by atoms with van der Waals surface area (Å²) in [5.74, 6) is -2.41. The minimum Gasteiger partial charge on any atom is -0.481 e. The number of hydrogen-bond donors (Lipinski definition) is 2. The average molecular weight is 275 g/mol. The van der Waals surface area contributed by atoms with Gasteiger partial charge in [-0.15, -0.1) is 0 Å². The molecular weight excluding hydrogens is 258 g/mol. The summed E-state index contributed by atoms with van der Waals surface area (Å²) in [6.07, 6.45) is 0.976. The highest BCUT2D eigenvalue weighted by Gasteiger charge is 2.55. The molecule has 2 aliphatic rings. The SMILES string of the molecule is O=C(O)C1C2CCC(O2)C1C(=O)NCc1ccccc1. The molecule has 5 nitrogen and oxygen atoms in total. The van der Waals surface area contributed by atoms with Crippen molar-refractivity contribution in [2.45, 2.75) is 31.6 Å². The van der Waals surface area contributed by atoms with Crippen molar-refractivity contribution < 1.29 is 19.4 Å². The van der Waals surface area contributed by atoms with E-state index in [9.17, 15) is 14.7 Å². The summed E-state index contributed by atoms with van der Waals surface area (Å²) in [6.45, 7) is 0.417.